The monoisotopic (exact) mass is 209 g/mol. The van der Waals surface area contributed by atoms with Crippen LogP contribution in [0.1, 0.15) is 35.1 Å². The molecule has 1 aromatic heterocycles. The Hall–Kier alpha value is -1.36. The Morgan fingerprint density at radius 1 is 1.73 bits per heavy atom. The highest BCUT2D eigenvalue weighted by Gasteiger charge is 2.25. The van der Waals surface area contributed by atoms with Crippen molar-refractivity contribution in [3.05, 3.63) is 17.0 Å². The summed E-state index contributed by atoms with van der Waals surface area (Å²) in [6.07, 6.45) is 2.51. The summed E-state index contributed by atoms with van der Waals surface area (Å²) in [5.74, 6) is -0.357. The molecule has 0 fully saturated rings. The average molecular weight is 209 g/mol. The lowest BCUT2D eigenvalue weighted by molar-refractivity contribution is 0.0518. The fraction of sp³-hybridized carbons (Fsp3) is 0.600. The molecule has 2 rings (SSSR count). The number of aromatic nitrogens is 2. The van der Waals surface area contributed by atoms with Crippen molar-refractivity contribution in [3.63, 3.8) is 0 Å². The molecule has 0 radical (unpaired) electrons. The number of carbonyl (C=O) groups is 1. The first kappa shape index (κ1) is 10.2. The number of aryl methyl sites for hydroxylation is 1. The van der Waals surface area contributed by atoms with Crippen LogP contribution in [-0.4, -0.2) is 28.8 Å². The third-order valence-electron chi connectivity index (χ3n) is 2.65. The molecule has 0 bridgehead atoms. The Bertz CT molecular complexity index is 373. The van der Waals surface area contributed by atoms with E-state index in [-0.39, 0.29) is 12.0 Å². The molecule has 1 aromatic rings. The number of nitrogens with two attached hydrogens (primary N) is 1. The second kappa shape index (κ2) is 4.02. The van der Waals surface area contributed by atoms with Gasteiger partial charge in [-0.15, -0.1) is 0 Å². The summed E-state index contributed by atoms with van der Waals surface area (Å²) in [5.41, 5.74) is 8.23. The zero-order valence-electron chi connectivity index (χ0n) is 8.75. The molecule has 15 heavy (non-hydrogen) atoms. The maximum absolute atomic E-state index is 11.5. The summed E-state index contributed by atoms with van der Waals surface area (Å²) in [5, 5.41) is 6.88. The third kappa shape index (κ3) is 1.87. The van der Waals surface area contributed by atoms with Gasteiger partial charge in [0.25, 0.3) is 0 Å². The second-order valence-corrected chi connectivity index (χ2v) is 3.75. The maximum atomic E-state index is 11.5. The molecule has 5 nitrogen and oxygen atoms in total. The number of hydrogen-bond acceptors (Lipinski definition) is 4. The molecule has 0 saturated heterocycles. The molecular formula is C10H15N3O2. The van der Waals surface area contributed by atoms with Gasteiger partial charge >= 0.3 is 5.97 Å². The van der Waals surface area contributed by atoms with Crippen LogP contribution >= 0.6 is 0 Å². The lowest BCUT2D eigenvalue weighted by Gasteiger charge is -2.17. The van der Waals surface area contributed by atoms with Gasteiger partial charge in [-0.3, -0.25) is 5.10 Å². The molecule has 1 atom stereocenters. The summed E-state index contributed by atoms with van der Waals surface area (Å²) in [7, 11) is 0. The SMILES string of the molecule is CCOC(=O)c1n[nH]c2c1C[C@H](N)CC2. The number of ether oxygens (including phenoxy) is 1. The maximum Gasteiger partial charge on any atom is 0.359 e. The number of nitrogens with one attached hydrogen (secondary N) is 1. The number of carbonyl (C=O) groups excluding carboxylic acids is 1. The Morgan fingerprint density at radius 2 is 2.53 bits per heavy atom. The van der Waals surface area contributed by atoms with E-state index in [4.69, 9.17) is 10.5 Å². The van der Waals surface area contributed by atoms with E-state index in [1.807, 2.05) is 0 Å². The van der Waals surface area contributed by atoms with Crippen molar-refractivity contribution in [2.75, 3.05) is 6.61 Å². The van der Waals surface area contributed by atoms with Crippen LogP contribution in [0.25, 0.3) is 0 Å². The number of aromatic amines is 1. The van der Waals surface area contributed by atoms with Crippen molar-refractivity contribution >= 4 is 5.97 Å². The first-order valence-electron chi connectivity index (χ1n) is 5.21. The van der Waals surface area contributed by atoms with Gasteiger partial charge in [0.05, 0.1) is 6.61 Å². The Kier molecular flexibility index (Phi) is 2.73. The van der Waals surface area contributed by atoms with Gasteiger partial charge in [0.15, 0.2) is 5.69 Å². The largest absolute Gasteiger partial charge is 0.461 e. The van der Waals surface area contributed by atoms with Crippen molar-refractivity contribution < 1.29 is 9.53 Å². The number of nitrogens with zero attached hydrogens (tertiary/aromatic N) is 1. The predicted molar refractivity (Wildman–Crippen MR) is 54.5 cm³/mol. The Morgan fingerprint density at radius 3 is 3.27 bits per heavy atom. The minimum absolute atomic E-state index is 0.128. The zero-order chi connectivity index (χ0) is 10.8. The van der Waals surface area contributed by atoms with Gasteiger partial charge in [-0.2, -0.15) is 5.10 Å². The quantitative estimate of drug-likeness (QED) is 0.691. The highest BCUT2D eigenvalue weighted by Crippen LogP contribution is 2.22. The topological polar surface area (TPSA) is 81.0 Å². The zero-order valence-corrected chi connectivity index (χ0v) is 8.75. The molecule has 0 aliphatic heterocycles. The van der Waals surface area contributed by atoms with Gasteiger partial charge < -0.3 is 10.5 Å². The Labute approximate surface area is 88.0 Å². The minimum Gasteiger partial charge on any atom is -0.461 e. The van der Waals surface area contributed by atoms with Gasteiger partial charge in [0.2, 0.25) is 0 Å². The van der Waals surface area contributed by atoms with E-state index in [0.717, 1.165) is 24.1 Å². The Balaban J connectivity index is 2.26. The molecule has 82 valence electrons. The molecule has 0 amide bonds. The number of fused-ring (bicyclic) bond motifs is 1. The molecule has 1 aliphatic rings. The van der Waals surface area contributed by atoms with Crippen LogP contribution in [0.4, 0.5) is 0 Å². The van der Waals surface area contributed by atoms with Crippen LogP contribution in [-0.2, 0) is 17.6 Å². The molecule has 0 spiro atoms. The van der Waals surface area contributed by atoms with Gasteiger partial charge in [0, 0.05) is 17.3 Å². The highest BCUT2D eigenvalue weighted by molar-refractivity contribution is 5.89. The summed E-state index contributed by atoms with van der Waals surface area (Å²) in [4.78, 5) is 11.5. The molecule has 3 N–H and O–H groups in total. The van der Waals surface area contributed by atoms with Gasteiger partial charge in [-0.25, -0.2) is 4.79 Å². The lowest BCUT2D eigenvalue weighted by atomic mass is 9.92. The molecule has 1 aliphatic carbocycles. The van der Waals surface area contributed by atoms with Crippen LogP contribution in [0.15, 0.2) is 0 Å². The molecule has 5 heteroatoms. The van der Waals surface area contributed by atoms with E-state index in [9.17, 15) is 4.79 Å². The smallest absolute Gasteiger partial charge is 0.359 e. The van der Waals surface area contributed by atoms with E-state index in [0.29, 0.717) is 18.7 Å². The van der Waals surface area contributed by atoms with Crippen molar-refractivity contribution in [2.45, 2.75) is 32.2 Å². The summed E-state index contributed by atoms with van der Waals surface area (Å²) >= 11 is 0. The van der Waals surface area contributed by atoms with E-state index in [1.165, 1.54) is 0 Å². The number of rotatable bonds is 2. The second-order valence-electron chi connectivity index (χ2n) is 3.75. The van der Waals surface area contributed by atoms with Crippen LogP contribution in [0.2, 0.25) is 0 Å². The fourth-order valence-electron chi connectivity index (χ4n) is 1.89. The molecular weight excluding hydrogens is 194 g/mol. The number of esters is 1. The summed E-state index contributed by atoms with van der Waals surface area (Å²) in [6.45, 7) is 2.15. The predicted octanol–water partition coefficient (Wildman–Crippen LogP) is 0.402. The molecule has 0 aromatic carbocycles. The molecule has 0 saturated carbocycles. The summed E-state index contributed by atoms with van der Waals surface area (Å²) in [6, 6.07) is 0.128. The van der Waals surface area contributed by atoms with E-state index in [1.54, 1.807) is 6.92 Å². The normalized spacial score (nSPS) is 19.7. The fourth-order valence-corrected chi connectivity index (χ4v) is 1.89. The van der Waals surface area contributed by atoms with Crippen LogP contribution in [0.5, 0.6) is 0 Å². The lowest BCUT2D eigenvalue weighted by Crippen LogP contribution is -2.28. The first-order chi connectivity index (χ1) is 7.22. The number of hydrogen-bond donors (Lipinski definition) is 2. The van der Waals surface area contributed by atoms with E-state index < -0.39 is 0 Å². The van der Waals surface area contributed by atoms with Crippen molar-refractivity contribution in [3.8, 4) is 0 Å². The van der Waals surface area contributed by atoms with Crippen molar-refractivity contribution in [2.24, 2.45) is 5.73 Å². The summed E-state index contributed by atoms with van der Waals surface area (Å²) < 4.78 is 4.93. The van der Waals surface area contributed by atoms with Crippen molar-refractivity contribution in [1.82, 2.24) is 10.2 Å². The van der Waals surface area contributed by atoms with E-state index in [2.05, 4.69) is 10.2 Å². The highest BCUT2D eigenvalue weighted by atomic mass is 16.5. The van der Waals surface area contributed by atoms with Crippen LogP contribution < -0.4 is 5.73 Å². The molecule has 0 unspecified atom stereocenters. The van der Waals surface area contributed by atoms with Gasteiger partial charge in [-0.05, 0) is 26.2 Å². The van der Waals surface area contributed by atoms with E-state index >= 15 is 0 Å². The third-order valence-corrected chi connectivity index (χ3v) is 2.65. The van der Waals surface area contributed by atoms with Crippen LogP contribution in [0, 0.1) is 0 Å². The van der Waals surface area contributed by atoms with Gasteiger partial charge in [0.1, 0.15) is 0 Å². The number of H-pyrrole nitrogens is 1. The average Bonchev–Trinajstić information content (AvgIpc) is 2.60. The first-order valence-corrected chi connectivity index (χ1v) is 5.21. The molecule has 1 heterocycles. The minimum atomic E-state index is -0.357. The van der Waals surface area contributed by atoms with Gasteiger partial charge in [-0.1, -0.05) is 0 Å². The van der Waals surface area contributed by atoms with Crippen molar-refractivity contribution in [1.29, 1.82) is 0 Å². The van der Waals surface area contributed by atoms with Crippen LogP contribution in [0.3, 0.4) is 0 Å². The standard InChI is InChI=1S/C10H15N3O2/c1-2-15-10(14)9-7-5-6(11)3-4-8(7)12-13-9/h6H,2-5,11H2,1H3,(H,12,13)/t6-/m1/s1.